The highest BCUT2D eigenvalue weighted by molar-refractivity contribution is 5.81. The molecule has 0 amide bonds. The van der Waals surface area contributed by atoms with E-state index in [0.717, 1.165) is 59.0 Å². The lowest BCUT2D eigenvalue weighted by Crippen LogP contribution is -2.35. The van der Waals surface area contributed by atoms with Crippen molar-refractivity contribution in [3.8, 4) is 22.5 Å². The number of hydrogen-bond donors (Lipinski definition) is 1. The number of carbonyl (C=O) groups excluding carboxylic acids is 1. The van der Waals surface area contributed by atoms with Crippen LogP contribution in [0.5, 0.6) is 0 Å². The highest BCUT2D eigenvalue weighted by Gasteiger charge is 2.26. The van der Waals surface area contributed by atoms with Crippen LogP contribution in [0.4, 0.5) is 0 Å². The van der Waals surface area contributed by atoms with Crippen LogP contribution in [0, 0.1) is 5.92 Å². The van der Waals surface area contributed by atoms with Crippen LogP contribution in [0.2, 0.25) is 0 Å². The summed E-state index contributed by atoms with van der Waals surface area (Å²) in [5.41, 5.74) is 3.50. The van der Waals surface area contributed by atoms with E-state index in [1.165, 1.54) is 0 Å². The molecule has 4 aromatic rings. The van der Waals surface area contributed by atoms with Gasteiger partial charge in [0, 0.05) is 17.9 Å². The highest BCUT2D eigenvalue weighted by atomic mass is 16.2. The van der Waals surface area contributed by atoms with Crippen LogP contribution >= 0.6 is 0 Å². The molecule has 2 heterocycles. The van der Waals surface area contributed by atoms with E-state index >= 15 is 0 Å². The zero-order chi connectivity index (χ0) is 23.5. The van der Waals surface area contributed by atoms with Crippen molar-refractivity contribution in [1.82, 2.24) is 35.0 Å². The van der Waals surface area contributed by atoms with Gasteiger partial charge in [-0.1, -0.05) is 74.7 Å². The van der Waals surface area contributed by atoms with Crippen molar-refractivity contribution >= 4 is 5.91 Å². The number of hydrogen-bond acceptors (Lipinski definition) is 6. The Labute approximate surface area is 196 Å². The van der Waals surface area contributed by atoms with Crippen LogP contribution in [0.15, 0.2) is 53.3 Å². The fourth-order valence-corrected chi connectivity index (χ4v) is 4.70. The molecule has 174 valence electrons. The van der Waals surface area contributed by atoms with Crippen LogP contribution in [-0.2, 0) is 13.0 Å². The molecule has 0 atom stereocenters. The van der Waals surface area contributed by atoms with Crippen LogP contribution < -0.4 is 5.69 Å². The molecule has 1 N–H and O–H groups in total. The lowest BCUT2D eigenvalue weighted by Gasteiger charge is -2.19. The summed E-state index contributed by atoms with van der Waals surface area (Å²) in [6, 6.07) is 15.9. The SMILES string of the molecule is CCc1nn(C(=O)C2CCCCC2)c(=O)n1Cc1ccc(-c2ccccc2-c2nn[nH]n2)cc1. The summed E-state index contributed by atoms with van der Waals surface area (Å²) < 4.78 is 2.72. The normalized spacial score (nSPS) is 14.4. The monoisotopic (exact) mass is 457 g/mol. The molecule has 2 aromatic heterocycles. The number of benzene rings is 2. The number of aromatic nitrogens is 7. The van der Waals surface area contributed by atoms with Crippen molar-refractivity contribution in [3.05, 3.63) is 70.4 Å². The average Bonchev–Trinajstić information content (AvgIpc) is 3.53. The average molecular weight is 458 g/mol. The smallest absolute Gasteiger partial charge is 0.274 e. The van der Waals surface area contributed by atoms with Gasteiger partial charge in [0.1, 0.15) is 5.82 Å². The van der Waals surface area contributed by atoms with Gasteiger partial charge in [-0.25, -0.2) is 4.79 Å². The molecule has 9 heteroatoms. The number of H-pyrrole nitrogens is 1. The minimum atomic E-state index is -0.348. The summed E-state index contributed by atoms with van der Waals surface area (Å²) in [6.07, 6.45) is 5.49. The number of carbonyl (C=O) groups is 1. The van der Waals surface area contributed by atoms with Crippen molar-refractivity contribution in [3.63, 3.8) is 0 Å². The van der Waals surface area contributed by atoms with E-state index < -0.39 is 0 Å². The maximum atomic E-state index is 13.1. The van der Waals surface area contributed by atoms with Crippen LogP contribution in [0.1, 0.15) is 55.2 Å². The number of aryl methyl sites for hydroxylation is 1. The summed E-state index contributed by atoms with van der Waals surface area (Å²) in [7, 11) is 0. The van der Waals surface area contributed by atoms with Crippen LogP contribution in [-0.4, -0.2) is 40.9 Å². The van der Waals surface area contributed by atoms with Gasteiger partial charge in [-0.3, -0.25) is 9.36 Å². The van der Waals surface area contributed by atoms with E-state index in [9.17, 15) is 9.59 Å². The molecule has 1 saturated carbocycles. The summed E-state index contributed by atoms with van der Waals surface area (Å²) in [5, 5.41) is 18.8. The Morgan fingerprint density at radius 3 is 2.44 bits per heavy atom. The van der Waals surface area contributed by atoms with E-state index in [-0.39, 0.29) is 17.5 Å². The minimum absolute atomic E-state index is 0.0990. The molecule has 0 radical (unpaired) electrons. The van der Waals surface area contributed by atoms with Crippen molar-refractivity contribution < 1.29 is 4.79 Å². The maximum Gasteiger partial charge on any atom is 0.353 e. The standard InChI is InChI=1S/C25H27N7O2/c1-2-22-28-32(24(33)19-8-4-3-5-9-19)25(34)31(22)16-17-12-14-18(15-13-17)20-10-6-7-11-21(20)23-26-29-30-27-23/h6-7,10-15,19H,2-5,8-9,16H2,1H3,(H,26,27,29,30). The largest absolute Gasteiger partial charge is 0.353 e. The van der Waals surface area contributed by atoms with Crippen LogP contribution in [0.3, 0.4) is 0 Å². The number of rotatable bonds is 6. The molecule has 1 fully saturated rings. The number of tetrazole rings is 1. The summed E-state index contributed by atoms with van der Waals surface area (Å²) in [6.45, 7) is 2.32. The summed E-state index contributed by atoms with van der Waals surface area (Å²) in [4.78, 5) is 26.1. The third-order valence-electron chi connectivity index (χ3n) is 6.54. The van der Waals surface area contributed by atoms with Gasteiger partial charge < -0.3 is 0 Å². The van der Waals surface area contributed by atoms with Crippen molar-refractivity contribution in [1.29, 1.82) is 0 Å². The van der Waals surface area contributed by atoms with E-state index in [4.69, 9.17) is 0 Å². The highest BCUT2D eigenvalue weighted by Crippen LogP contribution is 2.30. The lowest BCUT2D eigenvalue weighted by molar-refractivity contribution is 0.0778. The first-order valence-electron chi connectivity index (χ1n) is 11.8. The molecule has 0 unspecified atom stereocenters. The van der Waals surface area contributed by atoms with Gasteiger partial charge in [0.25, 0.3) is 5.91 Å². The van der Waals surface area contributed by atoms with Gasteiger partial charge in [-0.05, 0) is 34.7 Å². The Morgan fingerprint density at radius 1 is 1.03 bits per heavy atom. The van der Waals surface area contributed by atoms with Crippen molar-refractivity contribution in [2.24, 2.45) is 5.92 Å². The maximum absolute atomic E-state index is 13.1. The molecule has 34 heavy (non-hydrogen) atoms. The Morgan fingerprint density at radius 2 is 1.76 bits per heavy atom. The van der Waals surface area contributed by atoms with Crippen molar-refractivity contribution in [2.75, 3.05) is 0 Å². The molecule has 9 nitrogen and oxygen atoms in total. The fraction of sp³-hybridized carbons (Fsp3) is 0.360. The second-order valence-electron chi connectivity index (χ2n) is 8.70. The third kappa shape index (κ3) is 4.21. The van der Waals surface area contributed by atoms with Gasteiger partial charge in [0.15, 0.2) is 0 Å². The first-order valence-corrected chi connectivity index (χ1v) is 11.8. The molecule has 5 rings (SSSR count). The summed E-state index contributed by atoms with van der Waals surface area (Å²) >= 11 is 0. The van der Waals surface area contributed by atoms with Gasteiger partial charge >= 0.3 is 5.69 Å². The first kappa shape index (κ1) is 21.9. The second-order valence-corrected chi connectivity index (χ2v) is 8.70. The van der Waals surface area contributed by atoms with E-state index in [1.807, 2.05) is 55.5 Å². The molecular weight excluding hydrogens is 430 g/mol. The van der Waals surface area contributed by atoms with Gasteiger partial charge in [0.05, 0.1) is 6.54 Å². The second kappa shape index (κ2) is 9.54. The van der Waals surface area contributed by atoms with E-state index in [1.54, 1.807) is 4.57 Å². The molecule has 1 aliphatic rings. The lowest BCUT2D eigenvalue weighted by atomic mass is 9.89. The quantitative estimate of drug-likeness (QED) is 0.472. The minimum Gasteiger partial charge on any atom is -0.274 e. The number of nitrogens with zero attached hydrogens (tertiary/aromatic N) is 6. The summed E-state index contributed by atoms with van der Waals surface area (Å²) in [5.74, 6) is 0.902. The predicted molar refractivity (Wildman–Crippen MR) is 127 cm³/mol. The molecule has 0 saturated heterocycles. The Balaban J connectivity index is 1.40. The van der Waals surface area contributed by atoms with Gasteiger partial charge in [-0.2, -0.15) is 5.21 Å². The molecule has 2 aromatic carbocycles. The van der Waals surface area contributed by atoms with Crippen molar-refractivity contribution in [2.45, 2.75) is 52.0 Å². The Hall–Kier alpha value is -3.88. The zero-order valence-electron chi connectivity index (χ0n) is 19.1. The zero-order valence-corrected chi connectivity index (χ0v) is 19.1. The Kier molecular flexibility index (Phi) is 6.16. The molecular formula is C25H27N7O2. The predicted octanol–water partition coefficient (Wildman–Crippen LogP) is 3.72. The van der Waals surface area contributed by atoms with E-state index in [0.29, 0.717) is 24.6 Å². The molecule has 0 bridgehead atoms. The molecule has 0 spiro atoms. The number of nitrogens with one attached hydrogen (secondary N) is 1. The topological polar surface area (TPSA) is 111 Å². The Bertz CT molecular complexity index is 1330. The van der Waals surface area contributed by atoms with Gasteiger partial charge in [0.2, 0.25) is 5.82 Å². The fourth-order valence-electron chi connectivity index (χ4n) is 4.70. The van der Waals surface area contributed by atoms with Gasteiger partial charge in [-0.15, -0.1) is 20.0 Å². The van der Waals surface area contributed by atoms with Crippen LogP contribution in [0.25, 0.3) is 22.5 Å². The molecule has 0 aliphatic heterocycles. The number of aromatic amines is 1. The third-order valence-corrected chi connectivity index (χ3v) is 6.54. The van der Waals surface area contributed by atoms with E-state index in [2.05, 4.69) is 25.7 Å². The first-order chi connectivity index (χ1) is 16.7. The molecule has 1 aliphatic carbocycles.